The number of carbonyl (C=O) groups excluding carboxylic acids is 1. The van der Waals surface area contributed by atoms with E-state index in [4.69, 9.17) is 11.6 Å². The van der Waals surface area contributed by atoms with Crippen molar-refractivity contribution in [3.8, 4) is 0 Å². The molecular weight excluding hydrogens is 260 g/mol. The van der Waals surface area contributed by atoms with Crippen LogP contribution < -0.4 is 5.32 Å². The summed E-state index contributed by atoms with van der Waals surface area (Å²) in [5, 5.41) is 3.46. The van der Waals surface area contributed by atoms with Crippen molar-refractivity contribution in [2.24, 2.45) is 0 Å². The molecule has 19 heavy (non-hydrogen) atoms. The summed E-state index contributed by atoms with van der Waals surface area (Å²) in [4.78, 5) is 15.9. The maximum absolute atomic E-state index is 11.8. The van der Waals surface area contributed by atoms with Gasteiger partial charge in [0.2, 0.25) is 5.91 Å². The molecule has 0 fully saturated rings. The molecule has 0 aliphatic heterocycles. The molecule has 0 radical (unpaired) electrons. The van der Waals surface area contributed by atoms with Gasteiger partial charge in [0.15, 0.2) is 0 Å². The number of rotatable bonds is 4. The Morgan fingerprint density at radius 3 is 2.84 bits per heavy atom. The highest BCUT2D eigenvalue weighted by molar-refractivity contribution is 6.30. The Morgan fingerprint density at radius 1 is 1.32 bits per heavy atom. The summed E-state index contributed by atoms with van der Waals surface area (Å²) in [5.74, 6) is 0.540. The van der Waals surface area contributed by atoms with Gasteiger partial charge in [0.1, 0.15) is 5.82 Å². The number of hydrogen-bond donors (Lipinski definition) is 1. The van der Waals surface area contributed by atoms with E-state index in [1.54, 1.807) is 12.3 Å². The zero-order chi connectivity index (χ0) is 13.7. The van der Waals surface area contributed by atoms with Gasteiger partial charge < -0.3 is 5.32 Å². The van der Waals surface area contributed by atoms with Crippen LogP contribution in [0.2, 0.25) is 5.02 Å². The first-order valence-corrected chi connectivity index (χ1v) is 6.48. The van der Waals surface area contributed by atoms with Crippen LogP contribution in [-0.4, -0.2) is 10.9 Å². The molecule has 3 nitrogen and oxygen atoms in total. The minimum absolute atomic E-state index is 0.0451. The van der Waals surface area contributed by atoms with E-state index >= 15 is 0 Å². The fourth-order valence-corrected chi connectivity index (χ4v) is 1.91. The topological polar surface area (TPSA) is 42.0 Å². The lowest BCUT2D eigenvalue weighted by molar-refractivity contribution is -0.116. The molecule has 1 aromatic heterocycles. The Balaban J connectivity index is 1.86. The van der Waals surface area contributed by atoms with E-state index in [-0.39, 0.29) is 5.91 Å². The number of aryl methyl sites for hydroxylation is 2. The van der Waals surface area contributed by atoms with E-state index in [0.29, 0.717) is 23.7 Å². The SMILES string of the molecule is Cc1ccc(NC(=O)CCc2cccc(Cl)c2)nc1. The van der Waals surface area contributed by atoms with Gasteiger partial charge in [0.25, 0.3) is 0 Å². The Bertz CT molecular complexity index is 567. The normalized spacial score (nSPS) is 10.2. The first-order valence-electron chi connectivity index (χ1n) is 6.10. The fraction of sp³-hybridized carbons (Fsp3) is 0.200. The summed E-state index contributed by atoms with van der Waals surface area (Å²) in [6.07, 6.45) is 2.81. The Morgan fingerprint density at radius 2 is 2.16 bits per heavy atom. The van der Waals surface area contributed by atoms with Gasteiger partial charge in [-0.3, -0.25) is 4.79 Å². The standard InChI is InChI=1S/C15H15ClN2O/c1-11-5-7-14(17-10-11)18-15(19)8-6-12-3-2-4-13(16)9-12/h2-5,7,9-10H,6,8H2,1H3,(H,17,18,19). The van der Waals surface area contributed by atoms with Gasteiger partial charge in [-0.1, -0.05) is 29.8 Å². The van der Waals surface area contributed by atoms with Gasteiger partial charge >= 0.3 is 0 Å². The number of hydrogen-bond acceptors (Lipinski definition) is 2. The molecule has 98 valence electrons. The minimum Gasteiger partial charge on any atom is -0.311 e. The second kappa shape index (κ2) is 6.34. The van der Waals surface area contributed by atoms with Crippen molar-refractivity contribution in [2.45, 2.75) is 19.8 Å². The maximum Gasteiger partial charge on any atom is 0.225 e. The lowest BCUT2D eigenvalue weighted by atomic mass is 10.1. The second-order valence-electron chi connectivity index (χ2n) is 4.40. The number of nitrogens with one attached hydrogen (secondary N) is 1. The molecule has 1 N–H and O–H groups in total. The van der Waals surface area contributed by atoms with Crippen LogP contribution in [-0.2, 0) is 11.2 Å². The lowest BCUT2D eigenvalue weighted by Gasteiger charge is -2.05. The summed E-state index contributed by atoms with van der Waals surface area (Å²) in [6, 6.07) is 11.3. The van der Waals surface area contributed by atoms with Crippen molar-refractivity contribution in [1.82, 2.24) is 4.98 Å². The third-order valence-corrected chi connectivity index (χ3v) is 2.94. The Hall–Kier alpha value is -1.87. The molecule has 0 saturated heterocycles. The monoisotopic (exact) mass is 274 g/mol. The number of amides is 1. The maximum atomic E-state index is 11.8. The van der Waals surface area contributed by atoms with Crippen LogP contribution in [0.15, 0.2) is 42.6 Å². The van der Waals surface area contributed by atoms with Crippen molar-refractivity contribution >= 4 is 23.3 Å². The van der Waals surface area contributed by atoms with Crippen LogP contribution in [0.1, 0.15) is 17.5 Å². The van der Waals surface area contributed by atoms with Crippen LogP contribution in [0.3, 0.4) is 0 Å². The molecular formula is C15H15ClN2O. The van der Waals surface area contributed by atoms with Crippen LogP contribution in [0.25, 0.3) is 0 Å². The van der Waals surface area contributed by atoms with Crippen LogP contribution in [0.4, 0.5) is 5.82 Å². The Labute approximate surface area is 117 Å². The predicted molar refractivity (Wildman–Crippen MR) is 77.4 cm³/mol. The van der Waals surface area contributed by atoms with Crippen molar-refractivity contribution in [3.05, 3.63) is 58.7 Å². The largest absolute Gasteiger partial charge is 0.311 e. The molecule has 0 aliphatic rings. The molecule has 1 amide bonds. The summed E-state index contributed by atoms with van der Waals surface area (Å²) in [5.41, 5.74) is 2.12. The number of benzene rings is 1. The third kappa shape index (κ3) is 4.38. The van der Waals surface area contributed by atoms with Crippen molar-refractivity contribution in [1.29, 1.82) is 0 Å². The van der Waals surface area contributed by atoms with Gasteiger partial charge in [-0.25, -0.2) is 4.98 Å². The van der Waals surface area contributed by atoms with Gasteiger partial charge in [0, 0.05) is 17.6 Å². The molecule has 2 rings (SSSR count). The highest BCUT2D eigenvalue weighted by Gasteiger charge is 2.04. The van der Waals surface area contributed by atoms with Gasteiger partial charge in [-0.15, -0.1) is 0 Å². The smallest absolute Gasteiger partial charge is 0.225 e. The molecule has 1 aromatic carbocycles. The first-order chi connectivity index (χ1) is 9.13. The van der Waals surface area contributed by atoms with E-state index in [9.17, 15) is 4.79 Å². The lowest BCUT2D eigenvalue weighted by Crippen LogP contribution is -2.13. The number of aromatic nitrogens is 1. The summed E-state index contributed by atoms with van der Waals surface area (Å²) >= 11 is 5.89. The average molecular weight is 275 g/mol. The predicted octanol–water partition coefficient (Wildman–Crippen LogP) is 3.61. The molecule has 2 aromatic rings. The molecule has 0 aliphatic carbocycles. The summed E-state index contributed by atoms with van der Waals surface area (Å²) in [7, 11) is 0. The van der Waals surface area contributed by atoms with Crippen molar-refractivity contribution in [2.75, 3.05) is 5.32 Å². The van der Waals surface area contributed by atoms with Gasteiger partial charge in [0.05, 0.1) is 0 Å². The van der Waals surface area contributed by atoms with Crippen LogP contribution in [0.5, 0.6) is 0 Å². The zero-order valence-corrected chi connectivity index (χ0v) is 11.4. The van der Waals surface area contributed by atoms with E-state index in [0.717, 1.165) is 11.1 Å². The summed E-state index contributed by atoms with van der Waals surface area (Å²) in [6.45, 7) is 1.96. The highest BCUT2D eigenvalue weighted by Crippen LogP contribution is 2.12. The molecule has 0 spiro atoms. The minimum atomic E-state index is -0.0451. The number of pyridine rings is 1. The number of halogens is 1. The van der Waals surface area contributed by atoms with E-state index in [2.05, 4.69) is 10.3 Å². The molecule has 0 saturated carbocycles. The molecule has 0 bridgehead atoms. The average Bonchev–Trinajstić information content (AvgIpc) is 2.39. The molecule has 4 heteroatoms. The van der Waals surface area contributed by atoms with Gasteiger partial charge in [-0.2, -0.15) is 0 Å². The molecule has 0 atom stereocenters. The number of anilines is 1. The van der Waals surface area contributed by atoms with Gasteiger partial charge in [-0.05, 0) is 42.7 Å². The number of carbonyl (C=O) groups is 1. The highest BCUT2D eigenvalue weighted by atomic mass is 35.5. The fourth-order valence-electron chi connectivity index (χ4n) is 1.70. The van der Waals surface area contributed by atoms with Crippen molar-refractivity contribution < 1.29 is 4.79 Å². The van der Waals surface area contributed by atoms with E-state index < -0.39 is 0 Å². The van der Waals surface area contributed by atoms with E-state index in [1.165, 1.54) is 0 Å². The molecule has 1 heterocycles. The zero-order valence-electron chi connectivity index (χ0n) is 10.7. The van der Waals surface area contributed by atoms with Crippen LogP contribution in [0, 0.1) is 6.92 Å². The van der Waals surface area contributed by atoms with E-state index in [1.807, 2.05) is 37.3 Å². The first kappa shape index (κ1) is 13.6. The summed E-state index contributed by atoms with van der Waals surface area (Å²) < 4.78 is 0. The Kier molecular flexibility index (Phi) is 4.53. The van der Waals surface area contributed by atoms with Crippen LogP contribution >= 0.6 is 11.6 Å². The molecule has 0 unspecified atom stereocenters. The van der Waals surface area contributed by atoms with Crippen molar-refractivity contribution in [3.63, 3.8) is 0 Å². The number of nitrogens with zero attached hydrogens (tertiary/aromatic N) is 1. The quantitative estimate of drug-likeness (QED) is 0.925. The second-order valence-corrected chi connectivity index (χ2v) is 4.84. The third-order valence-electron chi connectivity index (χ3n) is 2.71.